The van der Waals surface area contributed by atoms with Crippen LogP contribution >= 0.6 is 12.2 Å². The second-order valence-corrected chi connectivity index (χ2v) is 6.65. The van der Waals surface area contributed by atoms with Gasteiger partial charge in [-0.25, -0.2) is 4.79 Å². The minimum atomic E-state index is -0.400. The molecule has 0 aliphatic rings. The molecule has 0 unspecified atom stereocenters. The number of nitrogens with one attached hydrogen (secondary N) is 2. The molecule has 8 nitrogen and oxygen atoms in total. The number of thiocarbonyl (C=S) groups is 1. The van der Waals surface area contributed by atoms with Crippen LogP contribution in [0.5, 0.6) is 5.75 Å². The summed E-state index contributed by atoms with van der Waals surface area (Å²) < 4.78 is 15.5. The first-order valence-electron chi connectivity index (χ1n) is 9.30. The Kier molecular flexibility index (Phi) is 6.97. The third-order valence-corrected chi connectivity index (χ3v) is 4.53. The monoisotopic (exact) mass is 426 g/mol. The molecule has 3 rings (SSSR count). The number of aromatic nitrogens is 2. The average molecular weight is 426 g/mol. The summed E-state index contributed by atoms with van der Waals surface area (Å²) in [5.74, 6) is 1.26. The maximum atomic E-state index is 11.8. The minimum Gasteiger partial charge on any atom is -0.494 e. The van der Waals surface area contributed by atoms with E-state index in [1.54, 1.807) is 12.1 Å². The van der Waals surface area contributed by atoms with Crippen molar-refractivity contribution in [2.24, 2.45) is 0 Å². The Balaban J connectivity index is 1.59. The molecule has 0 bridgehead atoms. The number of benzene rings is 2. The molecule has 1 heterocycles. The van der Waals surface area contributed by atoms with Gasteiger partial charge in [0.2, 0.25) is 11.7 Å². The van der Waals surface area contributed by atoms with Gasteiger partial charge < -0.3 is 24.6 Å². The van der Waals surface area contributed by atoms with Crippen LogP contribution in [-0.4, -0.2) is 34.9 Å². The molecule has 0 aliphatic carbocycles. The molecule has 156 valence electrons. The van der Waals surface area contributed by atoms with Crippen LogP contribution in [0.15, 0.2) is 47.0 Å². The highest BCUT2D eigenvalue weighted by molar-refractivity contribution is 7.80. The van der Waals surface area contributed by atoms with E-state index in [2.05, 4.69) is 20.8 Å². The van der Waals surface area contributed by atoms with Crippen molar-refractivity contribution in [1.82, 2.24) is 15.5 Å². The van der Waals surface area contributed by atoms with Crippen LogP contribution in [0, 0.1) is 6.92 Å². The minimum absolute atomic E-state index is 0.256. The van der Waals surface area contributed by atoms with Crippen LogP contribution < -0.4 is 15.4 Å². The zero-order valence-electron chi connectivity index (χ0n) is 16.9. The summed E-state index contributed by atoms with van der Waals surface area (Å²) in [5, 5.41) is 10.4. The Morgan fingerprint density at radius 3 is 2.67 bits per heavy atom. The molecular weight excluding hydrogens is 404 g/mol. The molecule has 2 N–H and O–H groups in total. The third kappa shape index (κ3) is 5.12. The fourth-order valence-electron chi connectivity index (χ4n) is 2.74. The molecule has 9 heteroatoms. The van der Waals surface area contributed by atoms with Crippen molar-refractivity contribution in [3.8, 4) is 17.1 Å². The number of hydrogen-bond acceptors (Lipinski definition) is 7. The Morgan fingerprint density at radius 1 is 1.20 bits per heavy atom. The number of anilines is 1. The van der Waals surface area contributed by atoms with Gasteiger partial charge in [0.25, 0.3) is 0 Å². The first-order valence-corrected chi connectivity index (χ1v) is 9.71. The number of carbonyl (C=O) groups excluding carboxylic acids is 1. The van der Waals surface area contributed by atoms with Gasteiger partial charge in [-0.2, -0.15) is 4.98 Å². The number of carbonyl (C=O) groups is 1. The number of hydrogen-bond donors (Lipinski definition) is 2. The highest BCUT2D eigenvalue weighted by Gasteiger charge is 2.13. The summed E-state index contributed by atoms with van der Waals surface area (Å²) in [7, 11) is 1.35. The SMILES string of the molecule is CCOc1ccc(-c2noc(CNC(=S)Nc3cccc(C(=O)OC)c3C)n2)cc1. The number of methoxy groups -OCH3 is 1. The van der Waals surface area contributed by atoms with Crippen LogP contribution in [-0.2, 0) is 11.3 Å². The van der Waals surface area contributed by atoms with Crippen molar-refractivity contribution in [3.63, 3.8) is 0 Å². The normalized spacial score (nSPS) is 10.4. The molecule has 0 spiro atoms. The van der Waals surface area contributed by atoms with Crippen LogP contribution in [0.2, 0.25) is 0 Å². The smallest absolute Gasteiger partial charge is 0.338 e. The lowest BCUT2D eigenvalue weighted by Gasteiger charge is -2.13. The summed E-state index contributed by atoms with van der Waals surface area (Å²) in [6, 6.07) is 12.7. The van der Waals surface area contributed by atoms with Gasteiger partial charge in [-0.05, 0) is 68.0 Å². The topological polar surface area (TPSA) is 98.5 Å². The van der Waals surface area contributed by atoms with Crippen LogP contribution in [0.4, 0.5) is 5.69 Å². The van der Waals surface area contributed by atoms with Gasteiger partial charge in [0.15, 0.2) is 5.11 Å². The molecule has 0 saturated carbocycles. The molecule has 0 atom stereocenters. The fourth-order valence-corrected chi connectivity index (χ4v) is 2.92. The molecule has 0 radical (unpaired) electrons. The molecule has 0 aliphatic heterocycles. The fraction of sp³-hybridized carbons (Fsp3) is 0.238. The Labute approximate surface area is 179 Å². The van der Waals surface area contributed by atoms with E-state index < -0.39 is 5.97 Å². The molecule has 1 aromatic heterocycles. The molecule has 0 saturated heterocycles. The molecule has 30 heavy (non-hydrogen) atoms. The van der Waals surface area contributed by atoms with Crippen molar-refractivity contribution in [2.45, 2.75) is 20.4 Å². The summed E-state index contributed by atoms with van der Waals surface area (Å²) in [4.78, 5) is 16.2. The number of nitrogens with zero attached hydrogens (tertiary/aromatic N) is 2. The molecular formula is C21H22N4O4S. The lowest BCUT2D eigenvalue weighted by atomic mass is 10.1. The van der Waals surface area contributed by atoms with E-state index in [-0.39, 0.29) is 6.54 Å². The van der Waals surface area contributed by atoms with Crippen molar-refractivity contribution >= 4 is 29.0 Å². The van der Waals surface area contributed by atoms with Crippen LogP contribution in [0.3, 0.4) is 0 Å². The molecule has 0 amide bonds. The predicted octanol–water partition coefficient (Wildman–Crippen LogP) is 3.72. The largest absolute Gasteiger partial charge is 0.494 e. The Bertz CT molecular complexity index is 1030. The van der Waals surface area contributed by atoms with Gasteiger partial charge in [0.05, 0.1) is 25.8 Å². The predicted molar refractivity (Wildman–Crippen MR) is 116 cm³/mol. The van der Waals surface area contributed by atoms with E-state index in [1.807, 2.05) is 44.2 Å². The van der Waals surface area contributed by atoms with E-state index >= 15 is 0 Å². The average Bonchev–Trinajstić information content (AvgIpc) is 3.23. The summed E-state index contributed by atoms with van der Waals surface area (Å²) in [6.07, 6.45) is 0. The van der Waals surface area contributed by atoms with Crippen molar-refractivity contribution in [1.29, 1.82) is 0 Å². The zero-order valence-corrected chi connectivity index (χ0v) is 17.7. The summed E-state index contributed by atoms with van der Waals surface area (Å²) in [6.45, 7) is 4.62. The Hall–Kier alpha value is -3.46. The van der Waals surface area contributed by atoms with Crippen molar-refractivity contribution in [2.75, 3.05) is 19.0 Å². The highest BCUT2D eigenvalue weighted by Crippen LogP contribution is 2.21. The van der Waals surface area contributed by atoms with Crippen molar-refractivity contribution in [3.05, 3.63) is 59.5 Å². The molecule has 3 aromatic rings. The van der Waals surface area contributed by atoms with Gasteiger partial charge >= 0.3 is 5.97 Å². The van der Waals surface area contributed by atoms with Gasteiger partial charge in [-0.1, -0.05) is 11.2 Å². The maximum absolute atomic E-state index is 11.8. The lowest BCUT2D eigenvalue weighted by Crippen LogP contribution is -2.28. The summed E-state index contributed by atoms with van der Waals surface area (Å²) >= 11 is 5.33. The first-order chi connectivity index (χ1) is 14.5. The second kappa shape index (κ2) is 9.84. The quantitative estimate of drug-likeness (QED) is 0.433. The second-order valence-electron chi connectivity index (χ2n) is 6.25. The number of ether oxygens (including phenoxy) is 2. The third-order valence-electron chi connectivity index (χ3n) is 4.28. The molecule has 2 aromatic carbocycles. The maximum Gasteiger partial charge on any atom is 0.338 e. The lowest BCUT2D eigenvalue weighted by molar-refractivity contribution is 0.0600. The van der Waals surface area contributed by atoms with Gasteiger partial charge in [-0.3, -0.25) is 0 Å². The zero-order chi connectivity index (χ0) is 21.5. The van der Waals surface area contributed by atoms with Gasteiger partial charge in [0, 0.05) is 11.3 Å². The van der Waals surface area contributed by atoms with E-state index in [1.165, 1.54) is 7.11 Å². The van der Waals surface area contributed by atoms with Crippen molar-refractivity contribution < 1.29 is 18.8 Å². The Morgan fingerprint density at radius 2 is 1.97 bits per heavy atom. The van der Waals surface area contributed by atoms with Gasteiger partial charge in [-0.15, -0.1) is 0 Å². The van der Waals surface area contributed by atoms with E-state index in [0.717, 1.165) is 16.9 Å². The first kappa shape index (κ1) is 21.3. The van der Waals surface area contributed by atoms with E-state index in [4.69, 9.17) is 26.2 Å². The van der Waals surface area contributed by atoms with Gasteiger partial charge in [0.1, 0.15) is 5.75 Å². The summed E-state index contributed by atoms with van der Waals surface area (Å²) in [5.41, 5.74) is 2.74. The molecule has 0 fully saturated rings. The highest BCUT2D eigenvalue weighted by atomic mass is 32.1. The van der Waals surface area contributed by atoms with E-state index in [0.29, 0.717) is 34.7 Å². The van der Waals surface area contributed by atoms with Crippen LogP contribution in [0.1, 0.15) is 28.7 Å². The number of rotatable bonds is 7. The van der Waals surface area contributed by atoms with Crippen LogP contribution in [0.25, 0.3) is 11.4 Å². The number of esters is 1. The standard InChI is InChI=1S/C21H22N4O4S/c1-4-28-15-10-8-14(9-11-15)19-24-18(29-25-19)12-22-21(30)23-17-7-5-6-16(13(17)2)20(26)27-3/h5-11H,4,12H2,1-3H3,(H2,22,23,30). The van der Waals surface area contributed by atoms with E-state index in [9.17, 15) is 4.79 Å².